The van der Waals surface area contributed by atoms with Crippen molar-refractivity contribution in [2.24, 2.45) is 7.05 Å². The zero-order chi connectivity index (χ0) is 17.9. The van der Waals surface area contributed by atoms with E-state index < -0.39 is 23.2 Å². The van der Waals surface area contributed by atoms with Gasteiger partial charge in [0.05, 0.1) is 16.9 Å². The highest BCUT2D eigenvalue weighted by Gasteiger charge is 2.35. The molecule has 0 aliphatic carbocycles. The van der Waals surface area contributed by atoms with Crippen molar-refractivity contribution in [3.05, 3.63) is 29.1 Å². The summed E-state index contributed by atoms with van der Waals surface area (Å²) < 4.78 is 45.1. The fourth-order valence-electron chi connectivity index (χ4n) is 1.77. The monoisotopic (exact) mass is 358 g/mol. The number of hydrogen-bond donors (Lipinski definition) is 1. The highest BCUT2D eigenvalue weighted by Crippen LogP contribution is 2.35. The first-order valence-corrected chi connectivity index (χ1v) is 7.43. The lowest BCUT2D eigenvalue weighted by atomic mass is 10.1. The molecule has 2 heterocycles. The molecule has 2 aromatic heterocycles. The summed E-state index contributed by atoms with van der Waals surface area (Å²) in [5.41, 5.74) is -1.56. The van der Waals surface area contributed by atoms with Gasteiger partial charge in [-0.25, -0.2) is 4.98 Å². The van der Waals surface area contributed by atoms with Gasteiger partial charge < -0.3 is 0 Å². The van der Waals surface area contributed by atoms with Crippen molar-refractivity contribution in [3.8, 4) is 6.07 Å². The van der Waals surface area contributed by atoms with E-state index in [1.54, 1.807) is 7.05 Å². The minimum Gasteiger partial charge on any atom is -0.288 e. The molecule has 126 valence electrons. The van der Waals surface area contributed by atoms with E-state index in [0.29, 0.717) is 0 Å². The van der Waals surface area contributed by atoms with Gasteiger partial charge in [0.2, 0.25) is 5.91 Å². The largest absolute Gasteiger partial charge is 0.417 e. The molecule has 0 bridgehead atoms. The third-order valence-electron chi connectivity index (χ3n) is 2.71. The fraction of sp³-hybridized carbons (Fsp3) is 0.308. The molecule has 7 nitrogen and oxygen atoms in total. The lowest BCUT2D eigenvalue weighted by molar-refractivity contribution is -0.739. The van der Waals surface area contributed by atoms with Crippen LogP contribution in [0.15, 0.2) is 21.8 Å². The van der Waals surface area contributed by atoms with Gasteiger partial charge in [-0.1, -0.05) is 16.4 Å². The van der Waals surface area contributed by atoms with Crippen LogP contribution in [0.25, 0.3) is 0 Å². The number of nitrogens with zero attached hydrogens (tertiary/aromatic N) is 4. The van der Waals surface area contributed by atoms with Gasteiger partial charge in [-0.2, -0.15) is 18.4 Å². The normalized spacial score (nSPS) is 11.2. The van der Waals surface area contributed by atoms with Gasteiger partial charge in [0.1, 0.15) is 11.1 Å². The number of amides is 1. The van der Waals surface area contributed by atoms with Gasteiger partial charge in [-0.05, 0) is 13.0 Å². The van der Waals surface area contributed by atoms with Crippen LogP contribution in [0, 0.1) is 18.3 Å². The Balaban J connectivity index is 2.16. The van der Waals surface area contributed by atoms with Gasteiger partial charge in [-0.3, -0.25) is 14.6 Å². The molecule has 0 saturated carbocycles. The van der Waals surface area contributed by atoms with Crippen molar-refractivity contribution in [2.45, 2.75) is 18.1 Å². The number of hydrogen-bond acceptors (Lipinski definition) is 6. The molecule has 1 amide bonds. The molecule has 0 atom stereocenters. The summed E-state index contributed by atoms with van der Waals surface area (Å²) >= 11 is 0.736. The summed E-state index contributed by atoms with van der Waals surface area (Å²) in [6.07, 6.45) is -3.26. The Labute approximate surface area is 138 Å². The molecule has 0 spiro atoms. The maximum Gasteiger partial charge on any atom is 0.417 e. The van der Waals surface area contributed by atoms with E-state index in [1.807, 2.05) is 0 Å². The van der Waals surface area contributed by atoms with Crippen molar-refractivity contribution >= 4 is 23.6 Å². The number of nitriles is 1. The Morgan fingerprint density at radius 1 is 1.54 bits per heavy atom. The maximum atomic E-state index is 13.0. The minimum absolute atomic E-state index is 0.0942. The molecule has 0 aromatic carbocycles. The summed E-state index contributed by atoms with van der Waals surface area (Å²) in [6, 6.07) is 2.31. The Kier molecular flexibility index (Phi) is 5.08. The number of pyridine rings is 1. The molecule has 0 aliphatic heterocycles. The molecular weight excluding hydrogens is 347 g/mol. The summed E-state index contributed by atoms with van der Waals surface area (Å²) in [5, 5.41) is 14.8. The van der Waals surface area contributed by atoms with Crippen LogP contribution in [0.5, 0.6) is 0 Å². The number of thioether (sulfide) groups is 1. The number of nitrogens with one attached hydrogen (secondary N) is 1. The molecule has 24 heavy (non-hydrogen) atoms. The topological polar surface area (TPSA) is 95.7 Å². The first-order chi connectivity index (χ1) is 11.2. The second-order valence-corrected chi connectivity index (χ2v) is 5.64. The standard InChI is InChI=1S/C13H10F3N5O2S/c1-7-3-9(13(14,15)16)8(4-17)12(18-7)24-6-10(22)19-11-5-21(2)20-23-11/h3,5H,6H2,1-2H3/p+1. The number of carbonyl (C=O) groups excluding carboxylic acids is 1. The lowest BCUT2D eigenvalue weighted by Gasteiger charge is -2.12. The lowest BCUT2D eigenvalue weighted by Crippen LogP contribution is -2.28. The molecular formula is C13H11F3N5O2S+. The van der Waals surface area contributed by atoms with Crippen molar-refractivity contribution in [2.75, 3.05) is 11.1 Å². The SMILES string of the molecule is Cc1cc(C(F)(F)F)c(C#N)c(SCC(=O)Nc2c[n+](C)no2)n1. The van der Waals surface area contributed by atoms with Crippen molar-refractivity contribution in [1.29, 1.82) is 5.26 Å². The second kappa shape index (κ2) is 6.88. The average molecular weight is 358 g/mol. The summed E-state index contributed by atoms with van der Waals surface area (Å²) in [6.45, 7) is 1.38. The molecule has 0 unspecified atom stereocenters. The Hall–Kier alpha value is -2.61. The molecule has 2 aromatic rings. The van der Waals surface area contributed by atoms with Gasteiger partial charge in [0, 0.05) is 5.69 Å². The van der Waals surface area contributed by atoms with Crippen LogP contribution in [-0.4, -0.2) is 21.9 Å². The average Bonchev–Trinajstić information content (AvgIpc) is 2.88. The van der Waals surface area contributed by atoms with Crippen LogP contribution in [-0.2, 0) is 18.0 Å². The van der Waals surface area contributed by atoms with Crippen LogP contribution in [0.2, 0.25) is 0 Å². The van der Waals surface area contributed by atoms with Gasteiger partial charge in [0.15, 0.2) is 12.3 Å². The van der Waals surface area contributed by atoms with Crippen LogP contribution in [0.3, 0.4) is 0 Å². The van der Waals surface area contributed by atoms with Crippen LogP contribution < -0.4 is 10.00 Å². The van der Waals surface area contributed by atoms with Crippen molar-refractivity contribution < 1.29 is 27.2 Å². The summed E-state index contributed by atoms with van der Waals surface area (Å²) in [7, 11) is 1.59. The summed E-state index contributed by atoms with van der Waals surface area (Å²) in [5.74, 6) is -0.679. The second-order valence-electron chi connectivity index (χ2n) is 4.68. The fourth-order valence-corrected chi connectivity index (χ4v) is 2.62. The van der Waals surface area contributed by atoms with Gasteiger partial charge in [-0.15, -0.1) is 0 Å². The zero-order valence-corrected chi connectivity index (χ0v) is 13.3. The van der Waals surface area contributed by atoms with Crippen LogP contribution in [0.4, 0.5) is 19.1 Å². The molecule has 2 rings (SSSR count). The van der Waals surface area contributed by atoms with E-state index >= 15 is 0 Å². The van der Waals surface area contributed by atoms with E-state index in [-0.39, 0.29) is 22.4 Å². The highest BCUT2D eigenvalue weighted by atomic mass is 32.2. The Morgan fingerprint density at radius 2 is 2.25 bits per heavy atom. The number of halogens is 3. The van der Waals surface area contributed by atoms with Crippen molar-refractivity contribution in [3.63, 3.8) is 0 Å². The smallest absolute Gasteiger partial charge is 0.288 e. The predicted molar refractivity (Wildman–Crippen MR) is 75.7 cm³/mol. The number of anilines is 1. The van der Waals surface area contributed by atoms with Crippen LogP contribution in [0.1, 0.15) is 16.8 Å². The molecule has 11 heteroatoms. The molecule has 1 N–H and O–H groups in total. The quantitative estimate of drug-likeness (QED) is 0.662. The van der Waals surface area contributed by atoms with E-state index in [4.69, 9.17) is 9.78 Å². The van der Waals surface area contributed by atoms with Gasteiger partial charge in [0.25, 0.3) is 6.20 Å². The minimum atomic E-state index is -4.68. The predicted octanol–water partition coefficient (Wildman–Crippen LogP) is 1.82. The highest BCUT2D eigenvalue weighted by molar-refractivity contribution is 8.00. The Morgan fingerprint density at radius 3 is 2.79 bits per heavy atom. The zero-order valence-electron chi connectivity index (χ0n) is 12.5. The van der Waals surface area contributed by atoms with Gasteiger partial charge >= 0.3 is 12.1 Å². The number of rotatable bonds is 4. The third-order valence-corrected chi connectivity index (χ3v) is 3.68. The first kappa shape index (κ1) is 17.7. The number of carbonyl (C=O) groups is 1. The molecule has 0 radical (unpaired) electrons. The molecule has 0 fully saturated rings. The number of alkyl halides is 3. The van der Waals surface area contributed by atoms with E-state index in [1.165, 1.54) is 23.9 Å². The Bertz CT molecular complexity index is 813. The molecule has 0 saturated heterocycles. The number of aryl methyl sites for hydroxylation is 2. The first-order valence-electron chi connectivity index (χ1n) is 6.45. The van der Waals surface area contributed by atoms with E-state index in [0.717, 1.165) is 17.8 Å². The summed E-state index contributed by atoms with van der Waals surface area (Å²) in [4.78, 5) is 15.7. The number of aromatic nitrogens is 3. The van der Waals surface area contributed by atoms with Crippen LogP contribution >= 0.6 is 11.8 Å². The van der Waals surface area contributed by atoms with Crippen molar-refractivity contribution in [1.82, 2.24) is 10.3 Å². The van der Waals surface area contributed by atoms with E-state index in [2.05, 4.69) is 15.6 Å². The van der Waals surface area contributed by atoms with E-state index in [9.17, 15) is 18.0 Å². The third kappa shape index (κ3) is 4.23. The molecule has 0 aliphatic rings. The maximum absolute atomic E-state index is 13.0.